The molecular formula is C56H64F6Zn-2. The van der Waals surface area contributed by atoms with E-state index in [1.807, 2.05) is 0 Å². The van der Waals surface area contributed by atoms with E-state index in [9.17, 15) is 26.3 Å². The van der Waals surface area contributed by atoms with Crippen LogP contribution in [0.3, 0.4) is 0 Å². The van der Waals surface area contributed by atoms with E-state index >= 15 is 0 Å². The molecule has 7 heteroatoms. The zero-order valence-corrected chi connectivity index (χ0v) is 42.2. The number of benzene rings is 2. The van der Waals surface area contributed by atoms with E-state index in [2.05, 4.69) is 175 Å². The maximum absolute atomic E-state index is 12.7. The maximum atomic E-state index is 12.7. The summed E-state index contributed by atoms with van der Waals surface area (Å²) in [5.74, 6) is 1.05. The van der Waals surface area contributed by atoms with Gasteiger partial charge in [0.25, 0.3) is 0 Å². The van der Waals surface area contributed by atoms with Crippen LogP contribution in [-0.2, 0) is 30.2 Å². The van der Waals surface area contributed by atoms with Crippen molar-refractivity contribution in [3.05, 3.63) is 173 Å². The number of allylic oxidation sites excluding steroid dienone is 16. The summed E-state index contributed by atoms with van der Waals surface area (Å²) in [6.45, 7) is 29.3. The molecule has 0 heterocycles. The fraction of sp³-hybridized carbons (Fsp3) is 0.464. The van der Waals surface area contributed by atoms with Crippen LogP contribution in [0.1, 0.15) is 118 Å². The van der Waals surface area contributed by atoms with Gasteiger partial charge in [-0.05, 0) is 28.6 Å². The van der Waals surface area contributed by atoms with Gasteiger partial charge in [0.15, 0.2) is 0 Å². The summed E-state index contributed by atoms with van der Waals surface area (Å²) in [6.07, 6.45) is 30.7. The van der Waals surface area contributed by atoms with Gasteiger partial charge < -0.3 is 6.42 Å². The van der Waals surface area contributed by atoms with Crippen LogP contribution < -0.4 is 0 Å². The Balaban J connectivity index is 0.000000172. The van der Waals surface area contributed by atoms with Crippen LogP contribution in [0.15, 0.2) is 139 Å². The predicted molar refractivity (Wildman–Crippen MR) is 244 cm³/mol. The quantitative estimate of drug-likeness (QED) is 0.163. The molecule has 0 bridgehead atoms. The third kappa shape index (κ3) is 7.41. The number of alkyl halides is 6. The molecule has 8 rings (SSSR count). The molecule has 0 amide bonds. The van der Waals surface area contributed by atoms with Crippen LogP contribution in [0.25, 0.3) is 0 Å². The van der Waals surface area contributed by atoms with Crippen LogP contribution in [0.4, 0.5) is 26.3 Å². The topological polar surface area (TPSA) is 0 Å². The molecule has 0 radical (unpaired) electrons. The van der Waals surface area contributed by atoms with E-state index in [-0.39, 0.29) is 49.0 Å². The Morgan fingerprint density at radius 2 is 1.17 bits per heavy atom. The zero-order valence-electron chi connectivity index (χ0n) is 39.2. The summed E-state index contributed by atoms with van der Waals surface area (Å²) in [6, 6.07) is 9.22. The summed E-state index contributed by atoms with van der Waals surface area (Å²) < 4.78 is 76.7. The van der Waals surface area contributed by atoms with Crippen LogP contribution >= 0.6 is 0 Å². The van der Waals surface area contributed by atoms with Crippen molar-refractivity contribution in [2.24, 2.45) is 55.2 Å². The van der Waals surface area contributed by atoms with Crippen molar-refractivity contribution in [1.29, 1.82) is 0 Å². The number of hydrogen-bond acceptors (Lipinski definition) is 0. The van der Waals surface area contributed by atoms with Crippen LogP contribution in [0, 0.1) is 67.7 Å². The summed E-state index contributed by atoms with van der Waals surface area (Å²) in [5, 5.41) is 0. The van der Waals surface area contributed by atoms with Gasteiger partial charge in [0.2, 0.25) is 0 Å². The number of halogens is 6. The van der Waals surface area contributed by atoms with Gasteiger partial charge in [-0.3, -0.25) is 6.08 Å². The van der Waals surface area contributed by atoms with Gasteiger partial charge in [-0.1, -0.05) is 167 Å². The molecule has 9 unspecified atom stereocenters. The molecule has 2 aromatic carbocycles. The fourth-order valence-electron chi connectivity index (χ4n) is 12.6. The molecule has 0 saturated heterocycles. The summed E-state index contributed by atoms with van der Waals surface area (Å²) in [5.41, 5.74) is 2.42. The minimum atomic E-state index is -4.48. The van der Waals surface area contributed by atoms with Crippen molar-refractivity contribution in [3.63, 3.8) is 0 Å². The molecule has 334 valence electrons. The Kier molecular flexibility index (Phi) is 12.7. The van der Waals surface area contributed by atoms with E-state index in [0.717, 1.165) is 24.3 Å². The van der Waals surface area contributed by atoms with Gasteiger partial charge >= 0.3 is 131 Å². The minimum absolute atomic E-state index is 0.00615. The molecule has 0 spiro atoms. The molecule has 0 N–H and O–H groups in total. The average Bonchev–Trinajstić information content (AvgIpc) is 3.77. The van der Waals surface area contributed by atoms with Crippen molar-refractivity contribution >= 4 is 4.11 Å². The third-order valence-electron chi connectivity index (χ3n) is 17.4. The van der Waals surface area contributed by atoms with Crippen LogP contribution in [0.2, 0.25) is 0 Å². The van der Waals surface area contributed by atoms with E-state index in [1.54, 1.807) is 0 Å². The molecule has 63 heavy (non-hydrogen) atoms. The first kappa shape index (κ1) is 48.9. The first-order valence-corrected chi connectivity index (χ1v) is 23.8. The van der Waals surface area contributed by atoms with E-state index < -0.39 is 23.5 Å². The number of fused-ring (bicyclic) bond motifs is 8. The van der Waals surface area contributed by atoms with Crippen molar-refractivity contribution in [2.75, 3.05) is 0 Å². The normalized spacial score (nSPS) is 35.9. The van der Waals surface area contributed by atoms with Gasteiger partial charge in [0.05, 0.1) is 0 Å². The molecule has 0 nitrogen and oxygen atoms in total. The Bertz CT molecular complexity index is 2300. The Hall–Kier alpha value is -3.57. The molecule has 2 saturated carbocycles. The van der Waals surface area contributed by atoms with Crippen molar-refractivity contribution in [3.8, 4) is 0 Å². The third-order valence-corrected chi connectivity index (χ3v) is 19.1. The first-order chi connectivity index (χ1) is 29.0. The van der Waals surface area contributed by atoms with Gasteiger partial charge in [-0.25, -0.2) is 6.08 Å². The zero-order chi connectivity index (χ0) is 46.9. The molecule has 2 aromatic rings. The van der Waals surface area contributed by atoms with E-state index in [0.29, 0.717) is 39.2 Å². The van der Waals surface area contributed by atoms with Crippen molar-refractivity contribution in [2.45, 2.75) is 108 Å². The molecule has 6 aliphatic rings. The number of hydrogen-bond donors (Lipinski definition) is 0. The van der Waals surface area contributed by atoms with Gasteiger partial charge in [0, 0.05) is 10.8 Å². The van der Waals surface area contributed by atoms with Crippen molar-refractivity contribution in [1.82, 2.24) is 0 Å². The molecule has 6 aliphatic carbocycles. The Labute approximate surface area is 383 Å². The summed E-state index contributed by atoms with van der Waals surface area (Å²) >= 11 is 0.433. The molecule has 0 aliphatic heterocycles. The standard InChI is InChI=1S/C29H37.C15H8F6.C12H19.Zn/c1-21-14-13-15-22-20-27(6)25(4)18-10-9-16-23(25,2)24(3)17-11-12-19-26(24,5)29(27,8)28(21,22)7;16-14(17,18)12-5-1-3-10(8-12)7-11-4-2-6-13(9-11)15(19,20)21;1-5-6-10-7-8-11(9-10)12(2,3)4;/h9-20,22H,1-8H3;1-6,8-9H;8-10H,5-6H2,1-4H3;/q-1;;-1;. The van der Waals surface area contributed by atoms with Crippen LogP contribution in [-0.4, -0.2) is 4.11 Å². The van der Waals surface area contributed by atoms with Gasteiger partial charge in [-0.2, -0.15) is 11.6 Å². The SMILES string of the molecule is CC1=CC=CC2[CH-]C3(C)C4(C)C=CC=CC4(C)C4(C)C=CC=CC4(C)C3(C)C12C.CCCC1[C-]=CC(C(C)(C)C)=C1.FC(F)(F)c1cccc([C](=[Zn])c2cccc(C(F)(F)F)c2)c1. The summed E-state index contributed by atoms with van der Waals surface area (Å²) in [4.78, 5) is 0. The first-order valence-electron chi connectivity index (χ1n) is 22.3. The Morgan fingerprint density at radius 3 is 1.63 bits per heavy atom. The monoisotopic (exact) mass is 914 g/mol. The predicted octanol–water partition coefficient (Wildman–Crippen LogP) is 16.2. The summed E-state index contributed by atoms with van der Waals surface area (Å²) in [7, 11) is 0. The molecule has 9 atom stereocenters. The van der Waals surface area contributed by atoms with Gasteiger partial charge in [-0.15, -0.1) is 17.4 Å². The second kappa shape index (κ2) is 16.4. The van der Waals surface area contributed by atoms with Gasteiger partial charge in [0.1, 0.15) is 0 Å². The average molecular weight is 917 g/mol. The number of rotatable bonds is 4. The van der Waals surface area contributed by atoms with E-state index in [1.165, 1.54) is 48.3 Å². The van der Waals surface area contributed by atoms with Crippen molar-refractivity contribution < 1.29 is 44.2 Å². The fourth-order valence-corrected chi connectivity index (χ4v) is 13.6. The Morgan fingerprint density at radius 1 is 0.698 bits per heavy atom. The van der Waals surface area contributed by atoms with Crippen LogP contribution in [0.5, 0.6) is 0 Å². The molecular weight excluding hydrogens is 852 g/mol. The second-order valence-electron chi connectivity index (χ2n) is 20.9. The second-order valence-corrected chi connectivity index (χ2v) is 22.4. The molecule has 0 aromatic heterocycles. The van der Waals surface area contributed by atoms with E-state index in [4.69, 9.17) is 0 Å². The molecule has 2 fully saturated rings.